The summed E-state index contributed by atoms with van der Waals surface area (Å²) in [6.45, 7) is 1.15. The average molecular weight is 170 g/mol. The molecule has 1 saturated heterocycles. The maximum Gasteiger partial charge on any atom is 0.346 e. The SMILES string of the molecule is CN(C)CCN1C(=O)C[N]C1=O. The van der Waals surface area contributed by atoms with E-state index in [4.69, 9.17) is 0 Å². The Morgan fingerprint density at radius 3 is 2.58 bits per heavy atom. The van der Waals surface area contributed by atoms with E-state index in [0.717, 1.165) is 0 Å². The van der Waals surface area contributed by atoms with E-state index in [1.165, 1.54) is 4.90 Å². The molecule has 1 aliphatic heterocycles. The second kappa shape index (κ2) is 3.53. The summed E-state index contributed by atoms with van der Waals surface area (Å²) in [4.78, 5) is 25.0. The lowest BCUT2D eigenvalue weighted by Gasteiger charge is -2.14. The van der Waals surface area contributed by atoms with Gasteiger partial charge >= 0.3 is 6.03 Å². The van der Waals surface area contributed by atoms with E-state index in [1.54, 1.807) is 0 Å². The Kier molecular flexibility index (Phi) is 2.65. The van der Waals surface area contributed by atoms with Crippen LogP contribution in [0.5, 0.6) is 0 Å². The van der Waals surface area contributed by atoms with Crippen LogP contribution in [0.1, 0.15) is 0 Å². The van der Waals surface area contributed by atoms with Crippen molar-refractivity contribution in [1.82, 2.24) is 15.1 Å². The molecule has 5 heteroatoms. The molecule has 0 aliphatic carbocycles. The standard InChI is InChI=1S/C7H12N3O2/c1-9(2)3-4-10-6(11)5-8-7(10)12/h3-5H2,1-2H3. The van der Waals surface area contributed by atoms with Gasteiger partial charge in [0.15, 0.2) is 0 Å². The van der Waals surface area contributed by atoms with Crippen molar-refractivity contribution in [3.63, 3.8) is 0 Å². The average Bonchev–Trinajstić information content (AvgIpc) is 2.28. The maximum atomic E-state index is 11.0. The van der Waals surface area contributed by atoms with Gasteiger partial charge in [0.1, 0.15) is 6.54 Å². The van der Waals surface area contributed by atoms with Crippen molar-refractivity contribution < 1.29 is 9.59 Å². The highest BCUT2D eigenvalue weighted by atomic mass is 16.2. The van der Waals surface area contributed by atoms with Crippen molar-refractivity contribution >= 4 is 11.9 Å². The van der Waals surface area contributed by atoms with Gasteiger partial charge in [0.05, 0.1) is 0 Å². The summed E-state index contributed by atoms with van der Waals surface area (Å²) in [5.74, 6) is -0.193. The van der Waals surface area contributed by atoms with Crippen LogP contribution in [-0.2, 0) is 4.79 Å². The number of urea groups is 1. The zero-order valence-corrected chi connectivity index (χ0v) is 7.28. The molecule has 0 spiro atoms. The van der Waals surface area contributed by atoms with Crippen molar-refractivity contribution in [1.29, 1.82) is 0 Å². The lowest BCUT2D eigenvalue weighted by Crippen LogP contribution is -2.35. The van der Waals surface area contributed by atoms with Crippen LogP contribution < -0.4 is 5.32 Å². The molecule has 0 aromatic rings. The first-order valence-electron chi connectivity index (χ1n) is 3.78. The maximum absolute atomic E-state index is 11.0. The van der Waals surface area contributed by atoms with Gasteiger partial charge in [-0.25, -0.2) is 10.1 Å². The summed E-state index contributed by atoms with van der Waals surface area (Å²) in [5.41, 5.74) is 0. The molecule has 67 valence electrons. The van der Waals surface area contributed by atoms with Gasteiger partial charge in [-0.15, -0.1) is 0 Å². The van der Waals surface area contributed by atoms with Crippen LogP contribution in [0, 0.1) is 0 Å². The molecule has 0 saturated carbocycles. The first kappa shape index (κ1) is 8.99. The number of rotatable bonds is 3. The van der Waals surface area contributed by atoms with Crippen molar-refractivity contribution in [2.24, 2.45) is 0 Å². The van der Waals surface area contributed by atoms with Crippen LogP contribution in [0.3, 0.4) is 0 Å². The number of carbonyl (C=O) groups is 2. The highest BCUT2D eigenvalue weighted by Gasteiger charge is 2.29. The fraction of sp³-hybridized carbons (Fsp3) is 0.714. The summed E-state index contributed by atoms with van der Waals surface area (Å²) in [6.07, 6.45) is 0. The van der Waals surface area contributed by atoms with E-state index in [1.807, 2.05) is 19.0 Å². The minimum atomic E-state index is -0.401. The number of amides is 3. The van der Waals surface area contributed by atoms with E-state index in [-0.39, 0.29) is 12.5 Å². The predicted molar refractivity (Wildman–Crippen MR) is 42.7 cm³/mol. The summed E-state index contributed by atoms with van der Waals surface area (Å²) < 4.78 is 0. The van der Waals surface area contributed by atoms with E-state index in [2.05, 4.69) is 5.32 Å². The normalized spacial score (nSPS) is 17.4. The first-order valence-corrected chi connectivity index (χ1v) is 3.78. The molecule has 0 aromatic heterocycles. The molecule has 5 nitrogen and oxygen atoms in total. The van der Waals surface area contributed by atoms with Crippen LogP contribution >= 0.6 is 0 Å². The fourth-order valence-electron chi connectivity index (χ4n) is 0.933. The fourth-order valence-corrected chi connectivity index (χ4v) is 0.933. The molecule has 0 unspecified atom stereocenters. The molecule has 1 rings (SSSR count). The topological polar surface area (TPSA) is 54.7 Å². The van der Waals surface area contributed by atoms with E-state index >= 15 is 0 Å². The number of hydrogen-bond donors (Lipinski definition) is 0. The van der Waals surface area contributed by atoms with E-state index in [9.17, 15) is 9.59 Å². The molecule has 0 atom stereocenters. The number of nitrogens with zero attached hydrogens (tertiary/aromatic N) is 3. The second-order valence-electron chi connectivity index (χ2n) is 2.95. The third-order valence-electron chi connectivity index (χ3n) is 1.65. The van der Waals surface area contributed by atoms with Crippen molar-refractivity contribution in [3.05, 3.63) is 0 Å². The second-order valence-corrected chi connectivity index (χ2v) is 2.95. The van der Waals surface area contributed by atoms with Gasteiger partial charge in [-0.3, -0.25) is 9.69 Å². The molecular weight excluding hydrogens is 158 g/mol. The van der Waals surface area contributed by atoms with Crippen molar-refractivity contribution in [2.75, 3.05) is 33.7 Å². The molecule has 0 N–H and O–H groups in total. The summed E-state index contributed by atoms with van der Waals surface area (Å²) >= 11 is 0. The zero-order valence-electron chi connectivity index (χ0n) is 7.28. The first-order chi connectivity index (χ1) is 5.61. The Bertz CT molecular complexity index is 187. The highest BCUT2D eigenvalue weighted by molar-refractivity contribution is 6.01. The van der Waals surface area contributed by atoms with Gasteiger partial charge in [-0.2, -0.15) is 0 Å². The Hall–Kier alpha value is -1.10. The summed E-state index contributed by atoms with van der Waals surface area (Å²) in [7, 11) is 3.78. The lowest BCUT2D eigenvalue weighted by molar-refractivity contribution is -0.125. The van der Waals surface area contributed by atoms with Crippen LogP contribution in [0.2, 0.25) is 0 Å². The Morgan fingerprint density at radius 1 is 1.50 bits per heavy atom. The smallest absolute Gasteiger partial charge is 0.308 e. The molecule has 1 aliphatic rings. The number of carbonyl (C=O) groups excluding carboxylic acids is 2. The summed E-state index contributed by atoms with van der Waals surface area (Å²) in [6, 6.07) is -0.401. The molecule has 0 aromatic carbocycles. The zero-order chi connectivity index (χ0) is 9.14. The molecular formula is C7H12N3O2. The lowest BCUT2D eigenvalue weighted by atomic mass is 10.5. The molecule has 12 heavy (non-hydrogen) atoms. The third kappa shape index (κ3) is 1.94. The quantitative estimate of drug-likeness (QED) is 0.516. The van der Waals surface area contributed by atoms with Gasteiger partial charge in [-0.1, -0.05) is 0 Å². The highest BCUT2D eigenvalue weighted by Crippen LogP contribution is 1.99. The minimum absolute atomic E-state index is 0.0201. The number of hydrogen-bond acceptors (Lipinski definition) is 3. The van der Waals surface area contributed by atoms with Crippen molar-refractivity contribution in [2.45, 2.75) is 0 Å². The van der Waals surface area contributed by atoms with Gasteiger partial charge < -0.3 is 4.90 Å². The molecule has 0 bridgehead atoms. The molecule has 1 fully saturated rings. The van der Waals surface area contributed by atoms with E-state index in [0.29, 0.717) is 13.1 Å². The monoisotopic (exact) mass is 170 g/mol. The van der Waals surface area contributed by atoms with Gasteiger partial charge in [-0.05, 0) is 14.1 Å². The third-order valence-corrected chi connectivity index (χ3v) is 1.65. The van der Waals surface area contributed by atoms with Crippen LogP contribution in [0.15, 0.2) is 0 Å². The number of imide groups is 1. The number of likely N-dealkylation sites (N-methyl/N-ethyl adjacent to an activating group) is 1. The van der Waals surface area contributed by atoms with Gasteiger partial charge in [0.25, 0.3) is 5.91 Å². The summed E-state index contributed by atoms with van der Waals surface area (Å²) in [5, 5.41) is 3.50. The largest absolute Gasteiger partial charge is 0.346 e. The van der Waals surface area contributed by atoms with Crippen LogP contribution in [-0.4, -0.2) is 55.5 Å². The Balaban J connectivity index is 2.40. The minimum Gasteiger partial charge on any atom is -0.308 e. The van der Waals surface area contributed by atoms with E-state index < -0.39 is 6.03 Å². The Morgan fingerprint density at radius 2 is 2.17 bits per heavy atom. The van der Waals surface area contributed by atoms with Crippen molar-refractivity contribution in [3.8, 4) is 0 Å². The Labute approximate surface area is 71.3 Å². The molecule has 1 radical (unpaired) electrons. The van der Waals surface area contributed by atoms with Gasteiger partial charge in [0, 0.05) is 13.1 Å². The van der Waals surface area contributed by atoms with Crippen LogP contribution in [0.4, 0.5) is 4.79 Å². The van der Waals surface area contributed by atoms with Gasteiger partial charge in [0.2, 0.25) is 0 Å². The predicted octanol–water partition coefficient (Wildman–Crippen LogP) is -0.885. The molecule has 1 heterocycles. The van der Waals surface area contributed by atoms with Crippen LogP contribution in [0.25, 0.3) is 0 Å². The molecule has 3 amide bonds.